The first-order valence-corrected chi connectivity index (χ1v) is 6.34. The summed E-state index contributed by atoms with van der Waals surface area (Å²) in [6, 6.07) is 12.1. The predicted molar refractivity (Wildman–Crippen MR) is 79.6 cm³/mol. The van der Waals surface area contributed by atoms with E-state index in [1.807, 2.05) is 24.3 Å². The molecule has 0 heterocycles. The molecule has 0 unspecified atom stereocenters. The molecular formula is C18H18O. The van der Waals surface area contributed by atoms with Crippen LogP contribution in [0.2, 0.25) is 0 Å². The Morgan fingerprint density at radius 2 is 1.42 bits per heavy atom. The standard InChI is InChI=1S/C18H18O/c1-13-11-15(3)17(12-14(13)2)8-5-16-6-9-18(19-4)10-7-16/h6-7,9-12H,1-4H3. The largest absolute Gasteiger partial charge is 0.497 e. The predicted octanol–water partition coefficient (Wildman–Crippen LogP) is 4.02. The van der Waals surface area contributed by atoms with Gasteiger partial charge in [-0.25, -0.2) is 0 Å². The van der Waals surface area contributed by atoms with E-state index in [4.69, 9.17) is 4.74 Å². The Morgan fingerprint density at radius 1 is 0.789 bits per heavy atom. The molecule has 0 bridgehead atoms. The lowest BCUT2D eigenvalue weighted by Gasteiger charge is -2.04. The lowest BCUT2D eigenvalue weighted by molar-refractivity contribution is 0.415. The van der Waals surface area contributed by atoms with Crippen molar-refractivity contribution in [3.63, 3.8) is 0 Å². The van der Waals surface area contributed by atoms with Crippen molar-refractivity contribution < 1.29 is 4.74 Å². The van der Waals surface area contributed by atoms with E-state index in [1.165, 1.54) is 16.7 Å². The molecular weight excluding hydrogens is 232 g/mol. The van der Waals surface area contributed by atoms with Crippen molar-refractivity contribution in [2.45, 2.75) is 20.8 Å². The van der Waals surface area contributed by atoms with Gasteiger partial charge in [0.15, 0.2) is 0 Å². The third kappa shape index (κ3) is 3.17. The van der Waals surface area contributed by atoms with Gasteiger partial charge in [-0.1, -0.05) is 17.9 Å². The molecule has 2 rings (SSSR count). The van der Waals surface area contributed by atoms with Gasteiger partial charge < -0.3 is 4.74 Å². The van der Waals surface area contributed by atoms with Gasteiger partial charge in [0.05, 0.1) is 7.11 Å². The van der Waals surface area contributed by atoms with Crippen LogP contribution in [0.15, 0.2) is 36.4 Å². The molecule has 2 aromatic rings. The smallest absolute Gasteiger partial charge is 0.118 e. The summed E-state index contributed by atoms with van der Waals surface area (Å²) in [6.45, 7) is 6.35. The molecule has 0 amide bonds. The molecule has 0 N–H and O–H groups in total. The molecule has 19 heavy (non-hydrogen) atoms. The third-order valence-corrected chi connectivity index (χ3v) is 3.27. The maximum atomic E-state index is 5.13. The molecule has 1 nitrogen and oxygen atoms in total. The van der Waals surface area contributed by atoms with Crippen molar-refractivity contribution in [3.05, 3.63) is 64.2 Å². The Bertz CT molecular complexity index is 640. The summed E-state index contributed by atoms with van der Waals surface area (Å²) in [7, 11) is 1.67. The van der Waals surface area contributed by atoms with Crippen LogP contribution < -0.4 is 4.74 Å². The van der Waals surface area contributed by atoms with Gasteiger partial charge in [-0.15, -0.1) is 0 Å². The van der Waals surface area contributed by atoms with Gasteiger partial charge in [0.1, 0.15) is 5.75 Å². The molecule has 96 valence electrons. The van der Waals surface area contributed by atoms with E-state index >= 15 is 0 Å². The van der Waals surface area contributed by atoms with Gasteiger partial charge in [0, 0.05) is 11.1 Å². The van der Waals surface area contributed by atoms with Crippen molar-refractivity contribution in [2.75, 3.05) is 7.11 Å². The zero-order valence-corrected chi connectivity index (χ0v) is 11.9. The number of methoxy groups -OCH3 is 1. The number of ether oxygens (including phenoxy) is 1. The second kappa shape index (κ2) is 5.63. The Balaban J connectivity index is 2.30. The number of hydrogen-bond donors (Lipinski definition) is 0. The molecule has 0 aliphatic rings. The topological polar surface area (TPSA) is 9.23 Å². The zero-order valence-electron chi connectivity index (χ0n) is 11.9. The fraction of sp³-hybridized carbons (Fsp3) is 0.222. The minimum absolute atomic E-state index is 0.855. The van der Waals surface area contributed by atoms with Gasteiger partial charge in [-0.05, 0) is 67.8 Å². The van der Waals surface area contributed by atoms with E-state index < -0.39 is 0 Å². The van der Waals surface area contributed by atoms with E-state index in [-0.39, 0.29) is 0 Å². The first-order valence-electron chi connectivity index (χ1n) is 6.34. The Kier molecular flexibility index (Phi) is 3.92. The fourth-order valence-corrected chi connectivity index (χ4v) is 1.91. The van der Waals surface area contributed by atoms with Crippen LogP contribution in [0.25, 0.3) is 0 Å². The van der Waals surface area contributed by atoms with Crippen LogP contribution in [0.4, 0.5) is 0 Å². The molecule has 0 saturated carbocycles. The summed E-state index contributed by atoms with van der Waals surface area (Å²) >= 11 is 0. The zero-order chi connectivity index (χ0) is 13.8. The normalized spacial score (nSPS) is 9.68. The monoisotopic (exact) mass is 250 g/mol. The van der Waals surface area contributed by atoms with Crippen LogP contribution in [0.1, 0.15) is 27.8 Å². The first kappa shape index (κ1) is 13.2. The molecule has 0 spiro atoms. The number of benzene rings is 2. The molecule has 0 aliphatic carbocycles. The summed E-state index contributed by atoms with van der Waals surface area (Å²) < 4.78 is 5.13. The Labute approximate surface area is 115 Å². The number of hydrogen-bond acceptors (Lipinski definition) is 1. The summed E-state index contributed by atoms with van der Waals surface area (Å²) in [5.41, 5.74) is 5.92. The highest BCUT2D eigenvalue weighted by molar-refractivity contribution is 5.49. The average Bonchev–Trinajstić information content (AvgIpc) is 2.42. The second-order valence-electron chi connectivity index (χ2n) is 4.73. The average molecular weight is 250 g/mol. The van der Waals surface area contributed by atoms with E-state index in [9.17, 15) is 0 Å². The Morgan fingerprint density at radius 3 is 2.05 bits per heavy atom. The minimum atomic E-state index is 0.855. The molecule has 2 aromatic carbocycles. The van der Waals surface area contributed by atoms with Crippen molar-refractivity contribution in [3.8, 4) is 17.6 Å². The SMILES string of the molecule is COc1ccc(C#Cc2cc(C)c(C)cc2C)cc1. The van der Waals surface area contributed by atoms with Crippen LogP contribution in [0.5, 0.6) is 5.75 Å². The van der Waals surface area contributed by atoms with Crippen molar-refractivity contribution in [1.82, 2.24) is 0 Å². The van der Waals surface area contributed by atoms with Gasteiger partial charge in [-0.2, -0.15) is 0 Å². The molecule has 0 radical (unpaired) electrons. The van der Waals surface area contributed by atoms with E-state index in [1.54, 1.807) is 7.11 Å². The van der Waals surface area contributed by atoms with Crippen molar-refractivity contribution in [1.29, 1.82) is 0 Å². The van der Waals surface area contributed by atoms with Gasteiger partial charge in [0.25, 0.3) is 0 Å². The molecule has 1 heteroatoms. The maximum Gasteiger partial charge on any atom is 0.118 e. The summed E-state index contributed by atoms with van der Waals surface area (Å²) in [6.07, 6.45) is 0. The molecule has 0 aromatic heterocycles. The van der Waals surface area contributed by atoms with Gasteiger partial charge in [-0.3, -0.25) is 0 Å². The maximum absolute atomic E-state index is 5.13. The van der Waals surface area contributed by atoms with Crippen LogP contribution in [0.3, 0.4) is 0 Å². The second-order valence-corrected chi connectivity index (χ2v) is 4.73. The molecule has 0 saturated heterocycles. The summed E-state index contributed by atoms with van der Waals surface area (Å²) in [4.78, 5) is 0. The molecule has 0 atom stereocenters. The quantitative estimate of drug-likeness (QED) is 0.695. The number of aryl methyl sites for hydroxylation is 3. The van der Waals surface area contributed by atoms with Crippen molar-refractivity contribution in [2.24, 2.45) is 0 Å². The third-order valence-electron chi connectivity index (χ3n) is 3.27. The lowest BCUT2D eigenvalue weighted by Crippen LogP contribution is -1.88. The van der Waals surface area contributed by atoms with E-state index in [0.717, 1.165) is 16.9 Å². The fourth-order valence-electron chi connectivity index (χ4n) is 1.91. The van der Waals surface area contributed by atoms with Crippen LogP contribution in [-0.4, -0.2) is 7.11 Å². The van der Waals surface area contributed by atoms with E-state index in [0.29, 0.717) is 0 Å². The van der Waals surface area contributed by atoms with E-state index in [2.05, 4.69) is 44.7 Å². The lowest BCUT2D eigenvalue weighted by atomic mass is 10.0. The minimum Gasteiger partial charge on any atom is -0.497 e. The summed E-state index contributed by atoms with van der Waals surface area (Å²) in [5.74, 6) is 7.29. The first-order chi connectivity index (χ1) is 9.10. The van der Waals surface area contributed by atoms with Crippen LogP contribution in [0, 0.1) is 32.6 Å². The summed E-state index contributed by atoms with van der Waals surface area (Å²) in [5, 5.41) is 0. The highest BCUT2D eigenvalue weighted by Crippen LogP contribution is 2.15. The number of rotatable bonds is 1. The highest BCUT2D eigenvalue weighted by Gasteiger charge is 1.99. The molecule has 0 aliphatic heterocycles. The van der Waals surface area contributed by atoms with Gasteiger partial charge >= 0.3 is 0 Å². The molecule has 0 fully saturated rings. The van der Waals surface area contributed by atoms with Gasteiger partial charge in [0.2, 0.25) is 0 Å². The highest BCUT2D eigenvalue weighted by atomic mass is 16.5. The van der Waals surface area contributed by atoms with Crippen LogP contribution >= 0.6 is 0 Å². The van der Waals surface area contributed by atoms with Crippen molar-refractivity contribution >= 4 is 0 Å². The Hall–Kier alpha value is -2.20. The van der Waals surface area contributed by atoms with Crippen LogP contribution in [-0.2, 0) is 0 Å².